The molecule has 20 heavy (non-hydrogen) atoms. The summed E-state index contributed by atoms with van der Waals surface area (Å²) in [5.41, 5.74) is 0.907. The molecule has 1 fully saturated rings. The van der Waals surface area contributed by atoms with E-state index >= 15 is 0 Å². The van der Waals surface area contributed by atoms with E-state index in [9.17, 15) is 9.18 Å². The molecule has 0 atom stereocenters. The summed E-state index contributed by atoms with van der Waals surface area (Å²) >= 11 is 0. The highest BCUT2D eigenvalue weighted by molar-refractivity contribution is 5.74. The number of nitrogens with zero attached hydrogens (tertiary/aromatic N) is 2. The highest BCUT2D eigenvalue weighted by Crippen LogP contribution is 2.05. The molecule has 0 aliphatic carbocycles. The van der Waals surface area contributed by atoms with Crippen LogP contribution < -0.4 is 5.32 Å². The van der Waals surface area contributed by atoms with E-state index in [4.69, 9.17) is 0 Å². The summed E-state index contributed by atoms with van der Waals surface area (Å²) in [4.78, 5) is 16.2. The molecule has 0 unspecified atom stereocenters. The second kappa shape index (κ2) is 7.24. The third-order valence-electron chi connectivity index (χ3n) is 3.56. The molecule has 1 aromatic carbocycles. The number of hydrogen-bond acceptors (Lipinski definition) is 2. The lowest BCUT2D eigenvalue weighted by atomic mass is 10.2. The molecule has 0 spiro atoms. The average Bonchev–Trinajstić information content (AvgIpc) is 2.47. The zero-order chi connectivity index (χ0) is 14.4. The maximum Gasteiger partial charge on any atom is 0.317 e. The molecule has 1 aliphatic heterocycles. The Bertz CT molecular complexity index is 427. The highest BCUT2D eigenvalue weighted by atomic mass is 19.1. The standard InChI is InChI=1S/C15H22FN3O/c1-2-7-18-8-10-19(11-9-18)15(20)17-12-13-3-5-14(16)6-4-13/h3-6H,2,7-12H2,1H3,(H,17,20). The van der Waals surface area contributed by atoms with Gasteiger partial charge in [-0.3, -0.25) is 4.90 Å². The molecule has 2 amide bonds. The van der Waals surface area contributed by atoms with E-state index in [1.807, 2.05) is 4.90 Å². The van der Waals surface area contributed by atoms with Crippen molar-refractivity contribution in [1.82, 2.24) is 15.1 Å². The predicted octanol–water partition coefficient (Wildman–Crippen LogP) is 2.06. The molecule has 1 aliphatic rings. The molecule has 1 aromatic rings. The Morgan fingerprint density at radius 1 is 1.20 bits per heavy atom. The maximum atomic E-state index is 12.8. The lowest BCUT2D eigenvalue weighted by Gasteiger charge is -2.34. The number of halogens is 1. The number of rotatable bonds is 4. The zero-order valence-corrected chi connectivity index (χ0v) is 11.9. The topological polar surface area (TPSA) is 35.6 Å². The van der Waals surface area contributed by atoms with Crippen LogP contribution in [-0.2, 0) is 6.54 Å². The fourth-order valence-corrected chi connectivity index (χ4v) is 2.38. The van der Waals surface area contributed by atoms with Gasteiger partial charge in [0.05, 0.1) is 0 Å². The molecule has 0 radical (unpaired) electrons. The Kier molecular flexibility index (Phi) is 5.35. The fourth-order valence-electron chi connectivity index (χ4n) is 2.38. The lowest BCUT2D eigenvalue weighted by molar-refractivity contribution is 0.139. The minimum atomic E-state index is -0.257. The highest BCUT2D eigenvalue weighted by Gasteiger charge is 2.19. The van der Waals surface area contributed by atoms with Gasteiger partial charge in [0.1, 0.15) is 5.82 Å². The summed E-state index contributed by atoms with van der Waals surface area (Å²) in [5.74, 6) is -0.257. The van der Waals surface area contributed by atoms with Gasteiger partial charge in [-0.2, -0.15) is 0 Å². The van der Waals surface area contributed by atoms with Gasteiger partial charge in [0, 0.05) is 32.7 Å². The van der Waals surface area contributed by atoms with Crippen molar-refractivity contribution in [2.75, 3.05) is 32.7 Å². The summed E-state index contributed by atoms with van der Waals surface area (Å²) < 4.78 is 12.8. The van der Waals surface area contributed by atoms with Crippen LogP contribution in [0.2, 0.25) is 0 Å². The molecule has 5 heteroatoms. The van der Waals surface area contributed by atoms with Gasteiger partial charge < -0.3 is 10.2 Å². The monoisotopic (exact) mass is 279 g/mol. The van der Waals surface area contributed by atoms with Crippen LogP contribution in [-0.4, -0.2) is 48.6 Å². The first-order chi connectivity index (χ1) is 9.69. The first kappa shape index (κ1) is 14.8. The molecule has 110 valence electrons. The van der Waals surface area contributed by atoms with Crippen LogP contribution in [0.25, 0.3) is 0 Å². The van der Waals surface area contributed by atoms with Gasteiger partial charge in [-0.15, -0.1) is 0 Å². The van der Waals surface area contributed by atoms with E-state index in [0.717, 1.165) is 44.7 Å². The van der Waals surface area contributed by atoms with E-state index in [1.165, 1.54) is 12.1 Å². The second-order valence-corrected chi connectivity index (χ2v) is 5.11. The van der Waals surface area contributed by atoms with Crippen LogP contribution in [0.1, 0.15) is 18.9 Å². The van der Waals surface area contributed by atoms with Gasteiger partial charge in [0.2, 0.25) is 0 Å². The van der Waals surface area contributed by atoms with E-state index in [0.29, 0.717) is 6.54 Å². The zero-order valence-electron chi connectivity index (χ0n) is 11.9. The van der Waals surface area contributed by atoms with Gasteiger partial charge in [0.15, 0.2) is 0 Å². The largest absolute Gasteiger partial charge is 0.334 e. The molecule has 1 heterocycles. The minimum absolute atomic E-state index is 0.0366. The SMILES string of the molecule is CCCN1CCN(C(=O)NCc2ccc(F)cc2)CC1. The van der Waals surface area contributed by atoms with Crippen molar-refractivity contribution in [3.8, 4) is 0 Å². The number of urea groups is 1. The Labute approximate surface area is 119 Å². The number of hydrogen-bond donors (Lipinski definition) is 1. The number of carbonyl (C=O) groups is 1. The second-order valence-electron chi connectivity index (χ2n) is 5.11. The van der Waals surface area contributed by atoms with Crippen LogP contribution in [0.15, 0.2) is 24.3 Å². The molecular weight excluding hydrogens is 257 g/mol. The third-order valence-corrected chi connectivity index (χ3v) is 3.56. The van der Waals surface area contributed by atoms with Gasteiger partial charge in [-0.05, 0) is 30.7 Å². The summed E-state index contributed by atoms with van der Waals surface area (Å²) in [5, 5.41) is 2.88. The normalized spacial score (nSPS) is 16.2. The quantitative estimate of drug-likeness (QED) is 0.915. The number of nitrogens with one attached hydrogen (secondary N) is 1. The van der Waals surface area contributed by atoms with Crippen molar-refractivity contribution < 1.29 is 9.18 Å². The Hall–Kier alpha value is -1.62. The number of piperazine rings is 1. The van der Waals surface area contributed by atoms with Gasteiger partial charge in [-0.1, -0.05) is 19.1 Å². The van der Waals surface area contributed by atoms with Gasteiger partial charge in [0.25, 0.3) is 0 Å². The number of carbonyl (C=O) groups excluding carboxylic acids is 1. The van der Waals surface area contributed by atoms with Crippen LogP contribution in [0.3, 0.4) is 0 Å². The molecule has 0 aromatic heterocycles. The molecule has 1 saturated heterocycles. The molecule has 0 saturated carbocycles. The van der Waals surface area contributed by atoms with Crippen LogP contribution >= 0.6 is 0 Å². The Balaban J connectivity index is 1.74. The molecule has 4 nitrogen and oxygen atoms in total. The van der Waals surface area contributed by atoms with Crippen molar-refractivity contribution >= 4 is 6.03 Å². The van der Waals surface area contributed by atoms with E-state index < -0.39 is 0 Å². The summed E-state index contributed by atoms with van der Waals surface area (Å²) in [7, 11) is 0. The Morgan fingerprint density at radius 2 is 1.85 bits per heavy atom. The molecule has 0 bridgehead atoms. The van der Waals surface area contributed by atoms with Crippen LogP contribution in [0.5, 0.6) is 0 Å². The van der Waals surface area contributed by atoms with Gasteiger partial charge in [-0.25, -0.2) is 9.18 Å². The third kappa shape index (κ3) is 4.20. The van der Waals surface area contributed by atoms with E-state index in [1.54, 1.807) is 12.1 Å². The predicted molar refractivity (Wildman–Crippen MR) is 76.9 cm³/mol. The molecule has 2 rings (SSSR count). The van der Waals surface area contributed by atoms with E-state index in [-0.39, 0.29) is 11.8 Å². The maximum absolute atomic E-state index is 12.8. The summed E-state index contributed by atoms with van der Waals surface area (Å²) in [6.45, 7) is 7.14. The van der Waals surface area contributed by atoms with Crippen molar-refractivity contribution in [2.24, 2.45) is 0 Å². The summed E-state index contributed by atoms with van der Waals surface area (Å²) in [6, 6.07) is 6.16. The van der Waals surface area contributed by atoms with Gasteiger partial charge >= 0.3 is 6.03 Å². The fraction of sp³-hybridized carbons (Fsp3) is 0.533. The van der Waals surface area contributed by atoms with Crippen molar-refractivity contribution in [3.05, 3.63) is 35.6 Å². The smallest absolute Gasteiger partial charge is 0.317 e. The first-order valence-electron chi connectivity index (χ1n) is 7.18. The van der Waals surface area contributed by atoms with E-state index in [2.05, 4.69) is 17.1 Å². The number of amides is 2. The van der Waals surface area contributed by atoms with Crippen LogP contribution in [0.4, 0.5) is 9.18 Å². The van der Waals surface area contributed by atoms with Crippen molar-refractivity contribution in [1.29, 1.82) is 0 Å². The Morgan fingerprint density at radius 3 is 2.45 bits per heavy atom. The lowest BCUT2D eigenvalue weighted by Crippen LogP contribution is -2.51. The first-order valence-corrected chi connectivity index (χ1v) is 7.18. The average molecular weight is 279 g/mol. The molecular formula is C15H22FN3O. The molecule has 1 N–H and O–H groups in total. The summed E-state index contributed by atoms with van der Waals surface area (Å²) in [6.07, 6.45) is 1.15. The number of benzene rings is 1. The van der Waals surface area contributed by atoms with Crippen molar-refractivity contribution in [3.63, 3.8) is 0 Å². The minimum Gasteiger partial charge on any atom is -0.334 e. The van der Waals surface area contributed by atoms with Crippen molar-refractivity contribution in [2.45, 2.75) is 19.9 Å². The van der Waals surface area contributed by atoms with Crippen LogP contribution in [0, 0.1) is 5.82 Å².